The molecule has 0 unspecified atom stereocenters. The fourth-order valence-corrected chi connectivity index (χ4v) is 3.01. The quantitative estimate of drug-likeness (QED) is 0.514. The summed E-state index contributed by atoms with van der Waals surface area (Å²) in [5.41, 5.74) is 2.59. The van der Waals surface area contributed by atoms with Gasteiger partial charge in [0.1, 0.15) is 17.2 Å². The second-order valence-corrected chi connectivity index (χ2v) is 6.28. The fraction of sp³-hybridized carbons (Fsp3) is 0.136. The number of anilines is 1. The van der Waals surface area contributed by atoms with Crippen LogP contribution < -0.4 is 19.5 Å². The van der Waals surface area contributed by atoms with E-state index >= 15 is 0 Å². The van der Waals surface area contributed by atoms with Gasteiger partial charge in [-0.15, -0.1) is 0 Å². The first-order valence-corrected chi connectivity index (χ1v) is 9.06. The Bertz CT molecular complexity index is 1190. The number of fused-ring (bicyclic) bond motifs is 1. The molecule has 8 heteroatoms. The molecule has 0 saturated heterocycles. The average molecular weight is 405 g/mol. The van der Waals surface area contributed by atoms with Crippen LogP contribution in [0.4, 0.5) is 5.69 Å². The standard InChI is InChI=1S/C22H19N3O5/c1-27-14-7-8-15(19(12-14)29-3)21(26)24-16-11-13(6-9-17(16)28-2)22-25-20-18(30-22)5-4-10-23-20/h4-12H,1-3H3,(H,24,26). The lowest BCUT2D eigenvalue weighted by atomic mass is 10.1. The minimum absolute atomic E-state index is 0.357. The van der Waals surface area contributed by atoms with Crippen LogP contribution in [0, 0.1) is 0 Å². The SMILES string of the molecule is COc1ccc(C(=O)Nc2cc(-c3nc4ncccc4o3)ccc2OC)c(OC)c1. The van der Waals surface area contributed by atoms with Crippen molar-refractivity contribution < 1.29 is 23.4 Å². The molecule has 1 N–H and O–H groups in total. The third-order valence-electron chi connectivity index (χ3n) is 4.51. The van der Waals surface area contributed by atoms with E-state index in [1.54, 1.807) is 61.8 Å². The van der Waals surface area contributed by atoms with Gasteiger partial charge in [-0.2, -0.15) is 4.98 Å². The van der Waals surface area contributed by atoms with Crippen LogP contribution in [0.15, 0.2) is 59.1 Å². The van der Waals surface area contributed by atoms with Gasteiger partial charge in [0, 0.05) is 17.8 Å². The maximum atomic E-state index is 12.9. The molecule has 30 heavy (non-hydrogen) atoms. The normalized spacial score (nSPS) is 10.6. The van der Waals surface area contributed by atoms with E-state index < -0.39 is 0 Å². The molecule has 2 heterocycles. The number of amides is 1. The number of aromatic nitrogens is 2. The lowest BCUT2D eigenvalue weighted by molar-refractivity contribution is 0.102. The Kier molecular flexibility index (Phi) is 5.21. The van der Waals surface area contributed by atoms with E-state index in [4.69, 9.17) is 18.6 Å². The second kappa shape index (κ2) is 8.12. The third-order valence-corrected chi connectivity index (χ3v) is 4.51. The highest BCUT2D eigenvalue weighted by molar-refractivity contribution is 6.07. The first-order valence-electron chi connectivity index (χ1n) is 9.06. The summed E-state index contributed by atoms with van der Waals surface area (Å²) in [7, 11) is 4.57. The highest BCUT2D eigenvalue weighted by Crippen LogP contribution is 2.33. The van der Waals surface area contributed by atoms with E-state index in [0.29, 0.717) is 51.2 Å². The van der Waals surface area contributed by atoms with Crippen molar-refractivity contribution in [1.82, 2.24) is 9.97 Å². The van der Waals surface area contributed by atoms with Crippen LogP contribution >= 0.6 is 0 Å². The smallest absolute Gasteiger partial charge is 0.259 e. The Morgan fingerprint density at radius 3 is 2.53 bits per heavy atom. The van der Waals surface area contributed by atoms with Crippen molar-refractivity contribution in [2.45, 2.75) is 0 Å². The van der Waals surface area contributed by atoms with Gasteiger partial charge in [0.2, 0.25) is 5.89 Å². The van der Waals surface area contributed by atoms with E-state index in [9.17, 15) is 4.79 Å². The zero-order valence-corrected chi connectivity index (χ0v) is 16.6. The summed E-state index contributed by atoms with van der Waals surface area (Å²) in [6.07, 6.45) is 1.65. The van der Waals surface area contributed by atoms with Crippen LogP contribution in [-0.2, 0) is 0 Å². The van der Waals surface area contributed by atoms with Crippen molar-refractivity contribution in [3.05, 3.63) is 60.3 Å². The number of oxazole rings is 1. The molecule has 0 saturated carbocycles. The average Bonchev–Trinajstić information content (AvgIpc) is 3.22. The Balaban J connectivity index is 1.68. The van der Waals surface area contributed by atoms with Gasteiger partial charge in [-0.25, -0.2) is 4.98 Å². The van der Waals surface area contributed by atoms with E-state index in [1.807, 2.05) is 0 Å². The van der Waals surface area contributed by atoms with E-state index in [0.717, 1.165) is 0 Å². The maximum absolute atomic E-state index is 12.9. The monoisotopic (exact) mass is 405 g/mol. The molecule has 0 atom stereocenters. The first-order chi connectivity index (χ1) is 14.6. The van der Waals surface area contributed by atoms with Crippen LogP contribution in [0.25, 0.3) is 22.7 Å². The zero-order chi connectivity index (χ0) is 21.1. The second-order valence-electron chi connectivity index (χ2n) is 6.28. The minimum atomic E-state index is -0.357. The van der Waals surface area contributed by atoms with Crippen LogP contribution in [0.1, 0.15) is 10.4 Å². The Morgan fingerprint density at radius 2 is 1.80 bits per heavy atom. The number of pyridine rings is 1. The molecule has 0 radical (unpaired) electrons. The number of nitrogens with one attached hydrogen (secondary N) is 1. The minimum Gasteiger partial charge on any atom is -0.497 e. The summed E-state index contributed by atoms with van der Waals surface area (Å²) in [5, 5.41) is 2.86. The van der Waals surface area contributed by atoms with E-state index in [1.165, 1.54) is 14.2 Å². The van der Waals surface area contributed by atoms with Crippen LogP contribution in [0.3, 0.4) is 0 Å². The Morgan fingerprint density at radius 1 is 0.967 bits per heavy atom. The largest absolute Gasteiger partial charge is 0.497 e. The third kappa shape index (κ3) is 3.62. The van der Waals surface area contributed by atoms with Gasteiger partial charge in [0.25, 0.3) is 5.91 Å². The van der Waals surface area contributed by atoms with Crippen molar-refractivity contribution in [2.75, 3.05) is 26.6 Å². The molecule has 0 fully saturated rings. The fourth-order valence-electron chi connectivity index (χ4n) is 3.01. The number of carbonyl (C=O) groups excluding carboxylic acids is 1. The first kappa shape index (κ1) is 19.3. The number of nitrogens with zero attached hydrogens (tertiary/aromatic N) is 2. The molecule has 152 valence electrons. The zero-order valence-electron chi connectivity index (χ0n) is 16.6. The van der Waals surface area contributed by atoms with Crippen molar-refractivity contribution in [3.63, 3.8) is 0 Å². The van der Waals surface area contributed by atoms with Gasteiger partial charge in [0.15, 0.2) is 11.2 Å². The summed E-state index contributed by atoms with van der Waals surface area (Å²) in [6.45, 7) is 0. The molecule has 0 spiro atoms. The number of rotatable bonds is 6. The summed E-state index contributed by atoms with van der Waals surface area (Å²) >= 11 is 0. The highest BCUT2D eigenvalue weighted by Gasteiger charge is 2.17. The molecule has 0 aliphatic rings. The van der Waals surface area contributed by atoms with Gasteiger partial charge in [-0.05, 0) is 42.5 Å². The summed E-state index contributed by atoms with van der Waals surface area (Å²) < 4.78 is 21.7. The molecule has 4 aromatic rings. The predicted molar refractivity (Wildman–Crippen MR) is 111 cm³/mol. The Labute approximate surface area is 172 Å². The number of methoxy groups -OCH3 is 3. The highest BCUT2D eigenvalue weighted by atomic mass is 16.5. The maximum Gasteiger partial charge on any atom is 0.259 e. The molecule has 1 amide bonds. The van der Waals surface area contributed by atoms with Gasteiger partial charge in [-0.3, -0.25) is 4.79 Å². The molecule has 0 aliphatic carbocycles. The molecular formula is C22H19N3O5. The predicted octanol–water partition coefficient (Wildman–Crippen LogP) is 4.17. The van der Waals surface area contributed by atoms with Gasteiger partial charge in [-0.1, -0.05) is 0 Å². The molecule has 0 aliphatic heterocycles. The number of benzene rings is 2. The molecule has 2 aromatic carbocycles. The van der Waals surface area contributed by atoms with Crippen molar-refractivity contribution in [3.8, 4) is 28.7 Å². The van der Waals surface area contributed by atoms with Crippen molar-refractivity contribution >= 4 is 22.8 Å². The summed E-state index contributed by atoms with van der Waals surface area (Å²) in [4.78, 5) is 21.5. The van der Waals surface area contributed by atoms with E-state index in [-0.39, 0.29) is 5.91 Å². The van der Waals surface area contributed by atoms with Crippen molar-refractivity contribution in [2.24, 2.45) is 0 Å². The molecule has 4 rings (SSSR count). The number of ether oxygens (including phenoxy) is 3. The van der Waals surface area contributed by atoms with Crippen LogP contribution in [-0.4, -0.2) is 37.2 Å². The topological polar surface area (TPSA) is 95.7 Å². The van der Waals surface area contributed by atoms with Crippen LogP contribution in [0.5, 0.6) is 17.2 Å². The van der Waals surface area contributed by atoms with E-state index in [2.05, 4.69) is 15.3 Å². The van der Waals surface area contributed by atoms with Gasteiger partial charge in [0.05, 0.1) is 32.6 Å². The van der Waals surface area contributed by atoms with Gasteiger partial charge >= 0.3 is 0 Å². The number of carbonyl (C=O) groups is 1. The van der Waals surface area contributed by atoms with Crippen LogP contribution in [0.2, 0.25) is 0 Å². The molecule has 2 aromatic heterocycles. The molecular weight excluding hydrogens is 386 g/mol. The number of hydrogen-bond donors (Lipinski definition) is 1. The molecule has 8 nitrogen and oxygen atoms in total. The number of hydrogen-bond acceptors (Lipinski definition) is 7. The van der Waals surface area contributed by atoms with Crippen molar-refractivity contribution in [1.29, 1.82) is 0 Å². The van der Waals surface area contributed by atoms with Gasteiger partial charge < -0.3 is 23.9 Å². The lowest BCUT2D eigenvalue weighted by Crippen LogP contribution is -2.14. The Hall–Kier alpha value is -4.07. The summed E-state index contributed by atoms with van der Waals surface area (Å²) in [5.74, 6) is 1.52. The molecule has 0 bridgehead atoms. The summed E-state index contributed by atoms with van der Waals surface area (Å²) in [6, 6.07) is 13.8. The lowest BCUT2D eigenvalue weighted by Gasteiger charge is -2.13.